The van der Waals surface area contributed by atoms with Gasteiger partial charge in [0.1, 0.15) is 5.82 Å². The summed E-state index contributed by atoms with van der Waals surface area (Å²) in [5, 5.41) is 15.4. The molecule has 0 spiro atoms. The predicted molar refractivity (Wildman–Crippen MR) is 57.8 cm³/mol. The molecule has 0 amide bonds. The molecule has 0 radical (unpaired) electrons. The van der Waals surface area contributed by atoms with Crippen molar-refractivity contribution in [2.24, 2.45) is 0 Å². The fourth-order valence-corrected chi connectivity index (χ4v) is 1.26. The van der Waals surface area contributed by atoms with E-state index in [-0.39, 0.29) is 6.61 Å². The van der Waals surface area contributed by atoms with Gasteiger partial charge >= 0.3 is 0 Å². The maximum atomic E-state index is 8.69. The van der Waals surface area contributed by atoms with Gasteiger partial charge in [-0.15, -0.1) is 0 Å². The molecular weight excluding hydrogens is 208 g/mol. The normalized spacial score (nSPS) is 10.4. The van der Waals surface area contributed by atoms with Crippen molar-refractivity contribution in [3.63, 3.8) is 0 Å². The van der Waals surface area contributed by atoms with Gasteiger partial charge in [0.15, 0.2) is 5.82 Å². The van der Waals surface area contributed by atoms with Gasteiger partial charge in [-0.1, -0.05) is 5.16 Å². The van der Waals surface area contributed by atoms with Crippen molar-refractivity contribution in [2.45, 2.75) is 6.92 Å². The maximum Gasteiger partial charge on any atom is 0.258 e. The van der Waals surface area contributed by atoms with Crippen LogP contribution < -0.4 is 5.32 Å². The molecule has 0 aliphatic heterocycles. The molecule has 0 aliphatic rings. The zero-order chi connectivity index (χ0) is 11.4. The summed E-state index contributed by atoms with van der Waals surface area (Å²) in [5.41, 5.74) is 0.802. The van der Waals surface area contributed by atoms with Gasteiger partial charge in [-0.2, -0.15) is 4.98 Å². The summed E-state index contributed by atoms with van der Waals surface area (Å²) >= 11 is 0. The highest BCUT2D eigenvalue weighted by molar-refractivity contribution is 5.57. The first kappa shape index (κ1) is 10.6. The van der Waals surface area contributed by atoms with Crippen molar-refractivity contribution in [1.82, 2.24) is 15.1 Å². The molecule has 16 heavy (non-hydrogen) atoms. The molecule has 0 aliphatic carbocycles. The highest BCUT2D eigenvalue weighted by Gasteiger charge is 2.06. The number of nitrogens with zero attached hydrogens (tertiary/aromatic N) is 3. The zero-order valence-corrected chi connectivity index (χ0v) is 8.84. The standard InChI is InChI=1S/C10H12N4O2/c1-7-13-10(16-14-7)8-2-3-11-9(6-8)12-4-5-15/h2-3,6,15H,4-5H2,1H3,(H,11,12). The first-order chi connectivity index (χ1) is 7.79. The van der Waals surface area contributed by atoms with Crippen molar-refractivity contribution in [1.29, 1.82) is 0 Å². The predicted octanol–water partition coefficient (Wildman–Crippen LogP) is 0.844. The van der Waals surface area contributed by atoms with Crippen LogP contribution in [0.1, 0.15) is 5.82 Å². The fourth-order valence-electron chi connectivity index (χ4n) is 1.26. The average molecular weight is 220 g/mol. The Bertz CT molecular complexity index is 469. The van der Waals surface area contributed by atoms with Crippen molar-refractivity contribution < 1.29 is 9.63 Å². The van der Waals surface area contributed by atoms with E-state index < -0.39 is 0 Å². The lowest BCUT2D eigenvalue weighted by Gasteiger charge is -2.03. The molecule has 0 saturated carbocycles. The molecule has 0 fully saturated rings. The van der Waals surface area contributed by atoms with E-state index in [0.717, 1.165) is 5.56 Å². The van der Waals surface area contributed by atoms with Gasteiger partial charge in [0.25, 0.3) is 5.89 Å². The Balaban J connectivity index is 2.22. The smallest absolute Gasteiger partial charge is 0.258 e. The van der Waals surface area contributed by atoms with Crippen LogP contribution in [0.5, 0.6) is 0 Å². The quantitative estimate of drug-likeness (QED) is 0.794. The topological polar surface area (TPSA) is 84.1 Å². The molecule has 2 rings (SSSR count). The van der Waals surface area contributed by atoms with Crippen LogP contribution in [0.25, 0.3) is 11.5 Å². The number of hydrogen-bond acceptors (Lipinski definition) is 6. The highest BCUT2D eigenvalue weighted by Crippen LogP contribution is 2.18. The van der Waals surface area contributed by atoms with Gasteiger partial charge in [0.05, 0.1) is 6.61 Å². The molecule has 0 bridgehead atoms. The molecule has 0 atom stereocenters. The summed E-state index contributed by atoms with van der Waals surface area (Å²) in [6.45, 7) is 2.28. The molecule has 2 heterocycles. The molecule has 6 heteroatoms. The largest absolute Gasteiger partial charge is 0.395 e. The van der Waals surface area contributed by atoms with Crippen LogP contribution in [0, 0.1) is 6.92 Å². The fraction of sp³-hybridized carbons (Fsp3) is 0.300. The Morgan fingerprint density at radius 1 is 1.50 bits per heavy atom. The Hall–Kier alpha value is -1.95. The van der Waals surface area contributed by atoms with Gasteiger partial charge in [-0.3, -0.25) is 0 Å². The third-order valence-corrected chi connectivity index (χ3v) is 1.95. The second-order valence-electron chi connectivity index (χ2n) is 3.23. The first-order valence-electron chi connectivity index (χ1n) is 4.91. The Morgan fingerprint density at radius 3 is 3.06 bits per heavy atom. The summed E-state index contributed by atoms with van der Waals surface area (Å²) in [4.78, 5) is 8.22. The van der Waals surface area contributed by atoms with Crippen LogP contribution in [0.3, 0.4) is 0 Å². The van der Waals surface area contributed by atoms with Crippen molar-refractivity contribution in [3.05, 3.63) is 24.2 Å². The lowest BCUT2D eigenvalue weighted by Crippen LogP contribution is -2.06. The van der Waals surface area contributed by atoms with E-state index >= 15 is 0 Å². The number of aromatic nitrogens is 3. The Morgan fingerprint density at radius 2 is 2.38 bits per heavy atom. The number of aliphatic hydroxyl groups excluding tert-OH is 1. The molecule has 0 unspecified atom stereocenters. The van der Waals surface area contributed by atoms with Crippen LogP contribution >= 0.6 is 0 Å². The number of anilines is 1. The van der Waals surface area contributed by atoms with Crippen LogP contribution in [-0.4, -0.2) is 33.4 Å². The van der Waals surface area contributed by atoms with E-state index in [4.69, 9.17) is 9.63 Å². The van der Waals surface area contributed by atoms with E-state index in [1.54, 1.807) is 25.3 Å². The lowest BCUT2D eigenvalue weighted by molar-refractivity contribution is 0.311. The number of aliphatic hydroxyl groups is 1. The third kappa shape index (κ3) is 2.34. The van der Waals surface area contributed by atoms with E-state index in [2.05, 4.69) is 20.4 Å². The number of hydrogen-bond donors (Lipinski definition) is 2. The summed E-state index contributed by atoms with van der Waals surface area (Å²) in [6, 6.07) is 3.58. The molecular formula is C10H12N4O2. The first-order valence-corrected chi connectivity index (χ1v) is 4.91. The molecule has 2 N–H and O–H groups in total. The van der Waals surface area contributed by atoms with Crippen LogP contribution in [-0.2, 0) is 0 Å². The molecule has 0 saturated heterocycles. The summed E-state index contributed by atoms with van der Waals surface area (Å²) < 4.78 is 5.04. The second-order valence-corrected chi connectivity index (χ2v) is 3.23. The minimum atomic E-state index is 0.0611. The van der Waals surface area contributed by atoms with Gasteiger partial charge < -0.3 is 14.9 Å². The van der Waals surface area contributed by atoms with E-state index in [0.29, 0.717) is 24.1 Å². The molecule has 84 valence electrons. The second kappa shape index (κ2) is 4.71. The highest BCUT2D eigenvalue weighted by atomic mass is 16.5. The average Bonchev–Trinajstić information content (AvgIpc) is 2.74. The Labute approximate surface area is 92.3 Å². The molecule has 2 aromatic heterocycles. The van der Waals surface area contributed by atoms with Crippen LogP contribution in [0.15, 0.2) is 22.9 Å². The SMILES string of the molecule is Cc1noc(-c2ccnc(NCCO)c2)n1. The number of rotatable bonds is 4. The summed E-state index contributed by atoms with van der Waals surface area (Å²) in [6.07, 6.45) is 1.65. The third-order valence-electron chi connectivity index (χ3n) is 1.95. The number of aryl methyl sites for hydroxylation is 1. The minimum absolute atomic E-state index is 0.0611. The van der Waals surface area contributed by atoms with Crippen molar-refractivity contribution in [2.75, 3.05) is 18.5 Å². The monoisotopic (exact) mass is 220 g/mol. The zero-order valence-electron chi connectivity index (χ0n) is 8.84. The van der Waals surface area contributed by atoms with Gasteiger partial charge in [0.2, 0.25) is 0 Å². The number of nitrogens with one attached hydrogen (secondary N) is 1. The molecule has 0 aromatic carbocycles. The van der Waals surface area contributed by atoms with E-state index in [9.17, 15) is 0 Å². The molecule has 6 nitrogen and oxygen atoms in total. The van der Waals surface area contributed by atoms with E-state index in [1.165, 1.54) is 0 Å². The summed E-state index contributed by atoms with van der Waals surface area (Å²) in [7, 11) is 0. The van der Waals surface area contributed by atoms with Crippen LogP contribution in [0.4, 0.5) is 5.82 Å². The van der Waals surface area contributed by atoms with Crippen molar-refractivity contribution in [3.8, 4) is 11.5 Å². The van der Waals surface area contributed by atoms with Crippen LogP contribution in [0.2, 0.25) is 0 Å². The van der Waals surface area contributed by atoms with Gasteiger partial charge in [0, 0.05) is 18.3 Å². The summed E-state index contributed by atoms with van der Waals surface area (Å²) in [5.74, 6) is 1.73. The number of pyridine rings is 1. The Kier molecular flexibility index (Phi) is 3.11. The van der Waals surface area contributed by atoms with Crippen molar-refractivity contribution >= 4 is 5.82 Å². The van der Waals surface area contributed by atoms with Gasteiger partial charge in [-0.25, -0.2) is 4.98 Å². The van der Waals surface area contributed by atoms with E-state index in [1.807, 2.05) is 0 Å². The minimum Gasteiger partial charge on any atom is -0.395 e. The molecule has 2 aromatic rings. The maximum absolute atomic E-state index is 8.69. The van der Waals surface area contributed by atoms with Gasteiger partial charge in [-0.05, 0) is 19.1 Å². The lowest BCUT2D eigenvalue weighted by atomic mass is 10.2.